The lowest BCUT2D eigenvalue weighted by Gasteiger charge is -2.39. The van der Waals surface area contributed by atoms with Crippen molar-refractivity contribution in [2.45, 2.75) is 71.5 Å². The molecule has 1 aliphatic rings. The summed E-state index contributed by atoms with van der Waals surface area (Å²) in [6, 6.07) is 0. The van der Waals surface area contributed by atoms with E-state index in [-0.39, 0.29) is 24.2 Å². The number of hydrogen-bond donors (Lipinski definition) is 1. The van der Waals surface area contributed by atoms with E-state index in [1.165, 1.54) is 0 Å². The van der Waals surface area contributed by atoms with Crippen molar-refractivity contribution in [2.75, 3.05) is 26.2 Å². The number of unbranched alkanes of at least 4 members (excludes halogenated alkanes) is 1. The van der Waals surface area contributed by atoms with Gasteiger partial charge < -0.3 is 19.7 Å². The van der Waals surface area contributed by atoms with E-state index in [1.54, 1.807) is 4.90 Å². The Morgan fingerprint density at radius 1 is 1.22 bits per heavy atom. The lowest BCUT2D eigenvalue weighted by Crippen LogP contribution is -2.48. The highest BCUT2D eigenvalue weighted by molar-refractivity contribution is 5.77. The molecule has 1 rings (SSSR count). The molecule has 1 saturated heterocycles. The number of nitrogens with one attached hydrogen (secondary N) is 1. The third-order valence-corrected chi connectivity index (χ3v) is 3.88. The first kappa shape index (κ1) is 19.7. The van der Waals surface area contributed by atoms with Crippen LogP contribution in [0.5, 0.6) is 0 Å². The molecule has 0 saturated carbocycles. The number of amides is 2. The van der Waals surface area contributed by atoms with Crippen LogP contribution in [0.2, 0.25) is 0 Å². The van der Waals surface area contributed by atoms with Gasteiger partial charge in [0.1, 0.15) is 12.2 Å². The molecule has 0 atom stereocenters. The molecule has 134 valence electrons. The predicted molar refractivity (Wildman–Crippen MR) is 89.3 cm³/mol. The highest BCUT2D eigenvalue weighted by atomic mass is 16.6. The molecule has 0 aromatic rings. The van der Waals surface area contributed by atoms with E-state index < -0.39 is 5.60 Å². The molecule has 6 heteroatoms. The molecule has 0 aliphatic carbocycles. The minimum atomic E-state index is -0.481. The molecule has 6 nitrogen and oxygen atoms in total. The van der Waals surface area contributed by atoms with Crippen LogP contribution < -0.4 is 5.32 Å². The number of rotatable bonds is 6. The molecule has 0 spiro atoms. The molecule has 0 bridgehead atoms. The molecule has 1 heterocycles. The van der Waals surface area contributed by atoms with Crippen LogP contribution in [-0.2, 0) is 14.3 Å². The zero-order valence-corrected chi connectivity index (χ0v) is 15.2. The Bertz CT molecular complexity index is 396. The lowest BCUT2D eigenvalue weighted by molar-refractivity contribution is -0.135. The topological polar surface area (TPSA) is 67.9 Å². The molecule has 0 aromatic carbocycles. The number of hydrogen-bond acceptors (Lipinski definition) is 4. The summed E-state index contributed by atoms with van der Waals surface area (Å²) in [4.78, 5) is 25.5. The average molecular weight is 328 g/mol. The van der Waals surface area contributed by atoms with Gasteiger partial charge in [0, 0.05) is 19.6 Å². The molecule has 1 fully saturated rings. The van der Waals surface area contributed by atoms with Crippen molar-refractivity contribution in [1.82, 2.24) is 10.2 Å². The van der Waals surface area contributed by atoms with Crippen LogP contribution in [0.1, 0.15) is 60.3 Å². The first-order chi connectivity index (χ1) is 10.7. The average Bonchev–Trinajstić information content (AvgIpc) is 2.44. The third kappa shape index (κ3) is 7.68. The van der Waals surface area contributed by atoms with Gasteiger partial charge in [0.25, 0.3) is 0 Å². The number of piperidine rings is 1. The molecular formula is C17H32N2O4. The molecule has 0 radical (unpaired) electrons. The van der Waals surface area contributed by atoms with Crippen LogP contribution in [0.15, 0.2) is 0 Å². The Hall–Kier alpha value is -1.30. The van der Waals surface area contributed by atoms with Gasteiger partial charge in [-0.2, -0.15) is 0 Å². The molecule has 2 amide bonds. The number of nitrogens with zero attached hydrogens (tertiary/aromatic N) is 1. The molecule has 1 aliphatic heterocycles. The van der Waals surface area contributed by atoms with Crippen molar-refractivity contribution in [1.29, 1.82) is 0 Å². The smallest absolute Gasteiger partial charge is 0.410 e. The summed E-state index contributed by atoms with van der Waals surface area (Å²) < 4.78 is 11.2. The van der Waals surface area contributed by atoms with E-state index in [0.29, 0.717) is 32.5 Å². The fourth-order valence-corrected chi connectivity index (χ4v) is 2.33. The zero-order chi connectivity index (χ0) is 17.5. The van der Waals surface area contributed by atoms with E-state index in [2.05, 4.69) is 12.2 Å². The maximum absolute atomic E-state index is 12.0. The second kappa shape index (κ2) is 8.52. The van der Waals surface area contributed by atoms with Gasteiger partial charge in [0.05, 0.1) is 5.60 Å². The Morgan fingerprint density at radius 2 is 1.83 bits per heavy atom. The summed E-state index contributed by atoms with van der Waals surface area (Å²) in [5.74, 6) is -0.0748. The predicted octanol–water partition coefficient (Wildman–Crippen LogP) is 2.71. The number of carbonyl (C=O) groups is 2. The second-order valence-electron chi connectivity index (χ2n) is 7.41. The van der Waals surface area contributed by atoms with Gasteiger partial charge in [-0.25, -0.2) is 4.79 Å². The number of ether oxygens (including phenoxy) is 2. The fraction of sp³-hybridized carbons (Fsp3) is 0.882. The van der Waals surface area contributed by atoms with Crippen LogP contribution >= 0.6 is 0 Å². The minimum Gasteiger partial charge on any atom is -0.444 e. The van der Waals surface area contributed by atoms with Crippen molar-refractivity contribution in [3.8, 4) is 0 Å². The first-order valence-corrected chi connectivity index (χ1v) is 8.54. The van der Waals surface area contributed by atoms with Crippen LogP contribution in [0.3, 0.4) is 0 Å². The number of carbonyl (C=O) groups excluding carboxylic acids is 2. The minimum absolute atomic E-state index is 0.0748. The first-order valence-electron chi connectivity index (χ1n) is 8.54. The highest BCUT2D eigenvalue weighted by Crippen LogP contribution is 2.26. The summed E-state index contributed by atoms with van der Waals surface area (Å²) in [5, 5.41) is 2.84. The second-order valence-corrected chi connectivity index (χ2v) is 7.41. The molecule has 0 unspecified atom stereocenters. The third-order valence-electron chi connectivity index (χ3n) is 3.88. The quantitative estimate of drug-likeness (QED) is 0.761. The Balaban J connectivity index is 2.33. The van der Waals surface area contributed by atoms with Crippen molar-refractivity contribution >= 4 is 12.0 Å². The van der Waals surface area contributed by atoms with Gasteiger partial charge in [0.15, 0.2) is 0 Å². The lowest BCUT2D eigenvalue weighted by atomic mass is 9.93. The van der Waals surface area contributed by atoms with Gasteiger partial charge >= 0.3 is 6.09 Å². The zero-order valence-electron chi connectivity index (χ0n) is 15.2. The van der Waals surface area contributed by atoms with Gasteiger partial charge in [-0.1, -0.05) is 13.3 Å². The van der Waals surface area contributed by atoms with E-state index in [0.717, 1.165) is 12.8 Å². The Labute approximate surface area is 139 Å². The van der Waals surface area contributed by atoms with Crippen LogP contribution in [-0.4, -0.2) is 54.3 Å². The maximum atomic E-state index is 12.0. The van der Waals surface area contributed by atoms with Gasteiger partial charge in [0.2, 0.25) is 5.91 Å². The van der Waals surface area contributed by atoms with Crippen LogP contribution in [0, 0.1) is 0 Å². The van der Waals surface area contributed by atoms with Gasteiger partial charge in [-0.15, -0.1) is 0 Å². The summed E-state index contributed by atoms with van der Waals surface area (Å²) in [5.41, 5.74) is -0.842. The van der Waals surface area contributed by atoms with Gasteiger partial charge in [-0.05, 0) is 47.0 Å². The summed E-state index contributed by atoms with van der Waals surface area (Å²) in [6.45, 7) is 11.6. The molecule has 23 heavy (non-hydrogen) atoms. The van der Waals surface area contributed by atoms with E-state index >= 15 is 0 Å². The monoisotopic (exact) mass is 328 g/mol. The fourth-order valence-electron chi connectivity index (χ4n) is 2.33. The number of likely N-dealkylation sites (tertiary alicyclic amines) is 1. The van der Waals surface area contributed by atoms with Crippen molar-refractivity contribution < 1.29 is 19.1 Å². The normalized spacial score (nSPS) is 17.7. The van der Waals surface area contributed by atoms with Crippen LogP contribution in [0.4, 0.5) is 4.79 Å². The van der Waals surface area contributed by atoms with Crippen molar-refractivity contribution in [3.05, 3.63) is 0 Å². The molecule has 0 aromatic heterocycles. The van der Waals surface area contributed by atoms with E-state index in [4.69, 9.17) is 9.47 Å². The van der Waals surface area contributed by atoms with E-state index in [9.17, 15) is 9.59 Å². The SMILES string of the molecule is CCCCNC(=O)COC1(C)CCN(C(=O)OC(C)(C)C)CC1. The summed E-state index contributed by atoms with van der Waals surface area (Å²) in [7, 11) is 0. The van der Waals surface area contributed by atoms with E-state index in [1.807, 2.05) is 27.7 Å². The maximum Gasteiger partial charge on any atom is 0.410 e. The summed E-state index contributed by atoms with van der Waals surface area (Å²) >= 11 is 0. The van der Waals surface area contributed by atoms with Crippen LogP contribution in [0.25, 0.3) is 0 Å². The standard InChI is InChI=1S/C17H32N2O4/c1-6-7-10-18-14(20)13-22-17(5)8-11-19(12-9-17)15(21)23-16(2,3)4/h6-13H2,1-5H3,(H,18,20). The molecule has 1 N–H and O–H groups in total. The van der Waals surface area contributed by atoms with Crippen molar-refractivity contribution in [2.24, 2.45) is 0 Å². The Kier molecular flexibility index (Phi) is 7.32. The summed E-state index contributed by atoms with van der Waals surface area (Å²) in [6.07, 6.45) is 3.16. The molecular weight excluding hydrogens is 296 g/mol. The van der Waals surface area contributed by atoms with Gasteiger partial charge in [-0.3, -0.25) is 4.79 Å². The largest absolute Gasteiger partial charge is 0.444 e. The highest BCUT2D eigenvalue weighted by Gasteiger charge is 2.34. The van der Waals surface area contributed by atoms with Crippen molar-refractivity contribution in [3.63, 3.8) is 0 Å². The Morgan fingerprint density at radius 3 is 2.35 bits per heavy atom.